The van der Waals surface area contributed by atoms with Crippen LogP contribution in [0.25, 0.3) is 11.5 Å². The summed E-state index contributed by atoms with van der Waals surface area (Å²) >= 11 is 3.36. The highest BCUT2D eigenvalue weighted by atomic mass is 32.2. The van der Waals surface area contributed by atoms with Gasteiger partial charge in [-0.15, -0.1) is 33.3 Å². The van der Waals surface area contributed by atoms with Crippen LogP contribution in [0.4, 0.5) is 5.13 Å². The molecule has 0 aliphatic carbocycles. The number of rotatable bonds is 11. The third-order valence-corrected chi connectivity index (χ3v) is 9.86. The molecule has 8 N–H and O–H groups in total. The Bertz CT molecular complexity index is 2000. The molecule has 2 aromatic carbocycles. The third kappa shape index (κ3) is 6.52. The van der Waals surface area contributed by atoms with E-state index in [0.717, 1.165) is 28.0 Å². The molecular formula is C28H23N7O10S3. The number of carbonyl (C=O) groups excluding carboxylic acids is 2. The lowest BCUT2D eigenvalue weighted by molar-refractivity contribution is -0.150. The number of nitrogens with zero attached hydrogens (tertiary/aromatic N) is 5. The number of carboxylic acids is 1. The van der Waals surface area contributed by atoms with Gasteiger partial charge in [-0.3, -0.25) is 14.5 Å². The van der Waals surface area contributed by atoms with E-state index in [2.05, 4.69) is 25.7 Å². The lowest BCUT2D eigenvalue weighted by Crippen LogP contribution is -2.71. The maximum Gasteiger partial charge on any atom is 0.352 e. The van der Waals surface area contributed by atoms with E-state index >= 15 is 0 Å². The number of aromatic hydroxyl groups is 4. The summed E-state index contributed by atoms with van der Waals surface area (Å²) in [5.41, 5.74) is 6.54. The molecule has 17 nitrogen and oxygen atoms in total. The number of benzene rings is 2. The highest BCUT2D eigenvalue weighted by molar-refractivity contribution is 8.01. The van der Waals surface area contributed by atoms with E-state index in [1.54, 1.807) is 0 Å². The first kappa shape index (κ1) is 32.5. The van der Waals surface area contributed by atoms with Crippen LogP contribution in [-0.2, 0) is 25.8 Å². The Morgan fingerprint density at radius 2 is 1.85 bits per heavy atom. The normalized spacial score (nSPS) is 17.5. The van der Waals surface area contributed by atoms with E-state index in [1.807, 2.05) is 0 Å². The number of amides is 2. The summed E-state index contributed by atoms with van der Waals surface area (Å²) in [4.78, 5) is 49.5. The Labute approximate surface area is 281 Å². The Kier molecular flexibility index (Phi) is 9.02. The number of anilines is 1. The molecule has 0 unspecified atom stereocenters. The number of β-lactam (4-membered cyclic amide) rings is 1. The van der Waals surface area contributed by atoms with Crippen LogP contribution in [0.1, 0.15) is 11.3 Å². The first-order valence-electron chi connectivity index (χ1n) is 13.6. The minimum atomic E-state index is -1.33. The van der Waals surface area contributed by atoms with Crippen molar-refractivity contribution < 1.29 is 49.2 Å². The largest absolute Gasteiger partial charge is 0.504 e. The maximum atomic E-state index is 13.4. The quantitative estimate of drug-likeness (QED) is 0.0385. The second kappa shape index (κ2) is 13.3. The maximum absolute atomic E-state index is 13.4. The summed E-state index contributed by atoms with van der Waals surface area (Å²) in [7, 11) is 0. The van der Waals surface area contributed by atoms with Crippen LogP contribution >= 0.6 is 34.9 Å². The SMILES string of the molecule is Nc1nc(C(=NOCc2ccc(O)c(O)c2)C(=O)N[C@@H]2C(=O)N3C(C(=O)O)=C(CSc4nnc(-c5ccc(O)c(O)c5)o4)CS[C@@H]23)cs1. The molecule has 0 radical (unpaired) electrons. The number of hydrogen-bond donors (Lipinski definition) is 7. The molecule has 4 heterocycles. The predicted molar refractivity (Wildman–Crippen MR) is 171 cm³/mol. The highest BCUT2D eigenvalue weighted by Gasteiger charge is 2.54. The zero-order valence-electron chi connectivity index (χ0n) is 24.1. The fraction of sp³-hybridized carbons (Fsp3) is 0.179. The molecule has 2 aliphatic heterocycles. The van der Waals surface area contributed by atoms with Gasteiger partial charge in [0.05, 0.1) is 0 Å². The Morgan fingerprint density at radius 3 is 2.54 bits per heavy atom. The number of nitrogens with two attached hydrogens (primary N) is 1. The molecule has 0 spiro atoms. The molecule has 1 fully saturated rings. The van der Waals surface area contributed by atoms with Gasteiger partial charge in [0.15, 0.2) is 33.8 Å². The molecule has 48 heavy (non-hydrogen) atoms. The van der Waals surface area contributed by atoms with Gasteiger partial charge < -0.3 is 45.8 Å². The summed E-state index contributed by atoms with van der Waals surface area (Å²) in [6.45, 7) is -0.183. The molecule has 20 heteroatoms. The van der Waals surface area contributed by atoms with Crippen molar-refractivity contribution in [3.8, 4) is 34.5 Å². The van der Waals surface area contributed by atoms with Gasteiger partial charge in [0.2, 0.25) is 5.89 Å². The summed E-state index contributed by atoms with van der Waals surface area (Å²) in [5.74, 6) is -3.76. The number of thioether (sulfide) groups is 2. The topological polar surface area (TPSA) is 267 Å². The van der Waals surface area contributed by atoms with Crippen molar-refractivity contribution in [2.75, 3.05) is 17.2 Å². The van der Waals surface area contributed by atoms with Gasteiger partial charge in [-0.05, 0) is 41.5 Å². The fourth-order valence-corrected chi connectivity index (χ4v) is 7.42. The number of oxime groups is 1. The molecule has 2 aliphatic rings. The van der Waals surface area contributed by atoms with Crippen LogP contribution in [-0.4, -0.2) is 92.0 Å². The van der Waals surface area contributed by atoms with E-state index in [1.165, 1.54) is 53.5 Å². The monoisotopic (exact) mass is 713 g/mol. The van der Waals surface area contributed by atoms with Crippen molar-refractivity contribution in [3.63, 3.8) is 0 Å². The van der Waals surface area contributed by atoms with Crippen LogP contribution in [0.5, 0.6) is 23.0 Å². The van der Waals surface area contributed by atoms with Crippen molar-refractivity contribution >= 4 is 63.5 Å². The number of hydrogen-bond acceptors (Lipinski definition) is 17. The molecule has 2 atom stereocenters. The zero-order chi connectivity index (χ0) is 34.1. The van der Waals surface area contributed by atoms with Crippen molar-refractivity contribution in [1.29, 1.82) is 0 Å². The molecular weight excluding hydrogens is 691 g/mol. The number of fused-ring (bicyclic) bond motifs is 1. The summed E-state index contributed by atoms with van der Waals surface area (Å²) in [6, 6.07) is 6.92. The van der Waals surface area contributed by atoms with Gasteiger partial charge in [-0.25, -0.2) is 9.78 Å². The lowest BCUT2D eigenvalue weighted by Gasteiger charge is -2.49. The Morgan fingerprint density at radius 1 is 1.10 bits per heavy atom. The molecule has 0 bridgehead atoms. The lowest BCUT2D eigenvalue weighted by atomic mass is 10.0. The molecule has 4 aromatic rings. The van der Waals surface area contributed by atoms with Gasteiger partial charge in [0.1, 0.15) is 29.4 Å². The van der Waals surface area contributed by atoms with Crippen molar-refractivity contribution in [2.45, 2.75) is 23.2 Å². The molecule has 6 rings (SSSR count). The Hall–Kier alpha value is -5.47. The van der Waals surface area contributed by atoms with Crippen LogP contribution in [0.15, 0.2) is 67.8 Å². The molecule has 2 amide bonds. The van der Waals surface area contributed by atoms with E-state index in [4.69, 9.17) is 15.0 Å². The number of carbonyl (C=O) groups is 3. The highest BCUT2D eigenvalue weighted by Crippen LogP contribution is 2.42. The van der Waals surface area contributed by atoms with Crippen LogP contribution in [0.2, 0.25) is 0 Å². The number of aromatic nitrogens is 3. The second-order valence-electron chi connectivity index (χ2n) is 10.1. The van der Waals surface area contributed by atoms with Crippen LogP contribution < -0.4 is 11.1 Å². The van der Waals surface area contributed by atoms with Crippen LogP contribution in [0, 0.1) is 0 Å². The molecule has 0 saturated carbocycles. The van der Waals surface area contributed by atoms with Gasteiger partial charge in [0.25, 0.3) is 17.0 Å². The van der Waals surface area contributed by atoms with Crippen molar-refractivity contribution in [2.24, 2.45) is 5.16 Å². The Balaban J connectivity index is 1.13. The van der Waals surface area contributed by atoms with E-state index in [0.29, 0.717) is 16.7 Å². The zero-order valence-corrected chi connectivity index (χ0v) is 26.6. The predicted octanol–water partition coefficient (Wildman–Crippen LogP) is 2.05. The number of aliphatic carboxylic acids is 1. The number of phenols is 4. The standard InChI is InChI=1S/C28H23N7O10S3/c29-27-30-14(10-47-27)19(34-44-7-11-1-3-15(36)17(38)5-11)22(40)31-20-24(41)35-21(26(42)43)13(8-46-25(20)35)9-48-28-33-32-23(45-28)12-2-4-16(37)18(39)6-12/h1-6,10,20,25,36-39H,7-9H2,(H2,29,30)(H,31,40)(H,42,43)/t20-,25+/m1/s1. The molecule has 1 saturated heterocycles. The average Bonchev–Trinajstić information content (AvgIpc) is 3.72. The number of phenolic OH excluding ortho intramolecular Hbond substituents is 4. The van der Waals surface area contributed by atoms with Gasteiger partial charge in [-0.2, -0.15) is 0 Å². The smallest absolute Gasteiger partial charge is 0.352 e. The molecule has 2 aromatic heterocycles. The first-order valence-corrected chi connectivity index (χ1v) is 16.5. The fourth-order valence-electron chi connectivity index (χ4n) is 4.63. The first-order chi connectivity index (χ1) is 23.0. The van der Waals surface area contributed by atoms with Crippen molar-refractivity contribution in [3.05, 3.63) is 64.3 Å². The van der Waals surface area contributed by atoms with E-state index in [9.17, 15) is 39.9 Å². The average molecular weight is 714 g/mol. The summed E-state index contributed by atoms with van der Waals surface area (Å²) in [5, 5.41) is 63.9. The number of thiazole rings is 1. The molecule has 248 valence electrons. The van der Waals surface area contributed by atoms with E-state index in [-0.39, 0.29) is 74.5 Å². The van der Waals surface area contributed by atoms with Gasteiger partial charge >= 0.3 is 5.97 Å². The second-order valence-corrected chi connectivity index (χ2v) is 13.0. The summed E-state index contributed by atoms with van der Waals surface area (Å²) < 4.78 is 5.61. The van der Waals surface area contributed by atoms with Gasteiger partial charge in [-0.1, -0.05) is 23.0 Å². The third-order valence-electron chi connectivity index (χ3n) is 6.94. The number of nitrogen functional groups attached to an aromatic ring is 1. The van der Waals surface area contributed by atoms with E-state index < -0.39 is 29.2 Å². The minimum Gasteiger partial charge on any atom is -0.504 e. The number of carboxylic acid groups (broad SMARTS) is 1. The minimum absolute atomic E-state index is 0.0723. The van der Waals surface area contributed by atoms with Crippen LogP contribution in [0.3, 0.4) is 0 Å². The number of nitrogens with one attached hydrogen (secondary N) is 1. The van der Waals surface area contributed by atoms with Crippen molar-refractivity contribution in [1.82, 2.24) is 25.4 Å². The van der Waals surface area contributed by atoms with Gasteiger partial charge in [0, 0.05) is 22.4 Å². The summed E-state index contributed by atoms with van der Waals surface area (Å²) in [6.07, 6.45) is 0.